The molecule has 10 heteroatoms. The van der Waals surface area contributed by atoms with Crippen LogP contribution in [0.5, 0.6) is 5.75 Å². The maximum atomic E-state index is 15.5. The highest BCUT2D eigenvalue weighted by Crippen LogP contribution is 2.30. The summed E-state index contributed by atoms with van der Waals surface area (Å²) in [6.45, 7) is 13.4. The van der Waals surface area contributed by atoms with Gasteiger partial charge in [0.25, 0.3) is 5.56 Å². The molecule has 1 unspecified atom stereocenters. The smallest absolute Gasteiger partial charge is 0.412 e. The quantitative estimate of drug-likeness (QED) is 0.182. The summed E-state index contributed by atoms with van der Waals surface area (Å²) < 4.78 is 27.7. The van der Waals surface area contributed by atoms with Crippen molar-refractivity contribution in [1.82, 2.24) is 9.55 Å². The number of amides is 2. The molecular weight excluding hydrogens is 587 g/mol. The summed E-state index contributed by atoms with van der Waals surface area (Å²) in [5.74, 6) is -0.223. The molecule has 0 bridgehead atoms. The van der Waals surface area contributed by atoms with Crippen LogP contribution in [0.4, 0.5) is 20.6 Å². The van der Waals surface area contributed by atoms with Gasteiger partial charge in [0.2, 0.25) is 5.91 Å². The molecule has 0 radical (unpaired) electrons. The lowest BCUT2D eigenvalue weighted by Gasteiger charge is -2.20. The number of hydrogen-bond donors (Lipinski definition) is 2. The summed E-state index contributed by atoms with van der Waals surface area (Å²) in [7, 11) is 1.58. The van der Waals surface area contributed by atoms with Crippen molar-refractivity contribution >= 4 is 34.3 Å². The van der Waals surface area contributed by atoms with E-state index in [0.29, 0.717) is 17.9 Å². The molecule has 2 aromatic carbocycles. The van der Waals surface area contributed by atoms with E-state index in [9.17, 15) is 14.4 Å². The molecule has 4 rings (SSSR count). The molecule has 0 saturated heterocycles. The molecule has 0 aliphatic rings. The Kier molecular flexibility index (Phi) is 12.4. The first-order valence-electron chi connectivity index (χ1n) is 15.7. The number of nitrogens with one attached hydrogen (secondary N) is 2. The number of ether oxygens (including phenoxy) is 2. The van der Waals surface area contributed by atoms with E-state index in [2.05, 4.69) is 15.6 Å². The number of rotatable bonds is 10. The molecule has 246 valence electrons. The lowest BCUT2D eigenvalue weighted by Crippen LogP contribution is -2.28. The van der Waals surface area contributed by atoms with Gasteiger partial charge in [-0.1, -0.05) is 46.2 Å². The molecule has 0 saturated carbocycles. The Bertz CT molecular complexity index is 1710. The van der Waals surface area contributed by atoms with Gasteiger partial charge < -0.3 is 19.4 Å². The monoisotopic (exact) mass is 632 g/mol. The van der Waals surface area contributed by atoms with E-state index in [1.807, 2.05) is 52.0 Å². The van der Waals surface area contributed by atoms with Gasteiger partial charge in [0.1, 0.15) is 17.2 Å². The van der Waals surface area contributed by atoms with Crippen LogP contribution < -0.4 is 20.9 Å². The average molecular weight is 633 g/mol. The zero-order valence-corrected chi connectivity index (χ0v) is 28.0. The number of pyridine rings is 2. The van der Waals surface area contributed by atoms with Crippen molar-refractivity contribution in [2.75, 3.05) is 17.7 Å². The van der Waals surface area contributed by atoms with Crippen molar-refractivity contribution in [3.63, 3.8) is 0 Å². The third-order valence-corrected chi connectivity index (χ3v) is 7.10. The van der Waals surface area contributed by atoms with Crippen LogP contribution in [0.25, 0.3) is 22.2 Å². The number of methoxy groups -OCH3 is 1. The van der Waals surface area contributed by atoms with Crippen LogP contribution in [-0.2, 0) is 16.1 Å². The van der Waals surface area contributed by atoms with Gasteiger partial charge in [0, 0.05) is 23.4 Å². The number of hydrogen-bond acceptors (Lipinski definition) is 6. The summed E-state index contributed by atoms with van der Waals surface area (Å²) in [6.07, 6.45) is 3.16. The normalized spacial score (nSPS) is 11.7. The molecule has 0 spiro atoms. The van der Waals surface area contributed by atoms with Crippen LogP contribution in [0.3, 0.4) is 0 Å². The molecule has 4 aromatic rings. The summed E-state index contributed by atoms with van der Waals surface area (Å²) >= 11 is 0. The fourth-order valence-electron chi connectivity index (χ4n) is 4.90. The molecule has 2 amide bonds. The Morgan fingerprint density at radius 2 is 1.70 bits per heavy atom. The van der Waals surface area contributed by atoms with Gasteiger partial charge in [0.05, 0.1) is 35.9 Å². The highest BCUT2D eigenvalue weighted by Gasteiger charge is 2.21. The van der Waals surface area contributed by atoms with Crippen molar-refractivity contribution in [2.45, 2.75) is 79.9 Å². The molecular formula is C36H45FN4O5. The third-order valence-electron chi connectivity index (χ3n) is 7.10. The minimum Gasteiger partial charge on any atom is -0.497 e. The predicted octanol–water partition coefficient (Wildman–Crippen LogP) is 8.40. The fraction of sp³-hybridized carbons (Fsp3) is 0.389. The van der Waals surface area contributed by atoms with Crippen molar-refractivity contribution in [1.29, 1.82) is 0 Å². The second kappa shape index (κ2) is 16.0. The topological polar surface area (TPSA) is 112 Å². The Morgan fingerprint density at radius 1 is 1.00 bits per heavy atom. The molecule has 0 fully saturated rings. The number of halogens is 1. The first-order chi connectivity index (χ1) is 21.9. The van der Waals surface area contributed by atoms with Crippen LogP contribution in [-0.4, -0.2) is 34.3 Å². The lowest BCUT2D eigenvalue weighted by molar-refractivity contribution is -0.120. The number of carbonyl (C=O) groups excluding carboxylic acids is 2. The SMILES string of the molecule is CC.CCCC(CC)C(=O)Nc1ccc(-c2cc(NC(=O)OC(C)(C)C)c3c(=O)n(Cc4ccc(OC)cc4)ccc3n2)c(F)c1. The summed E-state index contributed by atoms with van der Waals surface area (Å²) in [6, 6.07) is 14.8. The molecule has 2 heterocycles. The van der Waals surface area contributed by atoms with Crippen LogP contribution in [0.15, 0.2) is 65.6 Å². The number of anilines is 2. The Labute approximate surface area is 270 Å². The predicted molar refractivity (Wildman–Crippen MR) is 182 cm³/mol. The standard InChI is InChI=1S/C34H39FN4O5.C2H6/c1-7-9-22(8-2)31(40)36-23-12-15-25(26(35)18-23)28-19-29(38-33(42)44-34(3,4)5)30-27(37-28)16-17-39(32(30)41)20-21-10-13-24(43-6)14-11-21;1-2/h10-19,22H,7-9,20H2,1-6H3,(H,36,40)(H,37,38,42);1-2H3. The van der Waals surface area contributed by atoms with E-state index in [1.165, 1.54) is 22.8 Å². The number of carbonyl (C=O) groups is 2. The van der Waals surface area contributed by atoms with E-state index < -0.39 is 17.5 Å². The molecule has 2 aromatic heterocycles. The first kappa shape index (κ1) is 35.7. The van der Waals surface area contributed by atoms with E-state index in [-0.39, 0.29) is 51.8 Å². The van der Waals surface area contributed by atoms with E-state index in [4.69, 9.17) is 9.47 Å². The largest absolute Gasteiger partial charge is 0.497 e. The van der Waals surface area contributed by atoms with Gasteiger partial charge in [-0.05, 0) is 81.6 Å². The van der Waals surface area contributed by atoms with E-state index in [0.717, 1.165) is 18.4 Å². The fourth-order valence-corrected chi connectivity index (χ4v) is 4.90. The maximum absolute atomic E-state index is 15.5. The van der Waals surface area contributed by atoms with Gasteiger partial charge in [-0.15, -0.1) is 0 Å². The van der Waals surface area contributed by atoms with Gasteiger partial charge in [0.15, 0.2) is 0 Å². The molecule has 0 aliphatic heterocycles. The second-order valence-corrected chi connectivity index (χ2v) is 11.6. The van der Waals surface area contributed by atoms with Gasteiger partial charge in [-0.2, -0.15) is 0 Å². The minimum absolute atomic E-state index is 0.135. The van der Waals surface area contributed by atoms with Crippen LogP contribution in [0.2, 0.25) is 0 Å². The Hall–Kier alpha value is -4.73. The molecule has 46 heavy (non-hydrogen) atoms. The van der Waals surface area contributed by atoms with Crippen molar-refractivity contribution in [3.05, 3.63) is 82.5 Å². The Balaban J connectivity index is 0.00000282. The van der Waals surface area contributed by atoms with Gasteiger partial charge in [-0.3, -0.25) is 14.9 Å². The number of fused-ring (bicyclic) bond motifs is 1. The van der Waals surface area contributed by atoms with E-state index in [1.54, 1.807) is 46.2 Å². The summed E-state index contributed by atoms with van der Waals surface area (Å²) in [5, 5.41) is 5.63. The maximum Gasteiger partial charge on any atom is 0.412 e. The van der Waals surface area contributed by atoms with Crippen LogP contribution in [0.1, 0.15) is 73.3 Å². The second-order valence-electron chi connectivity index (χ2n) is 11.6. The van der Waals surface area contributed by atoms with Crippen molar-refractivity contribution in [2.24, 2.45) is 5.92 Å². The summed E-state index contributed by atoms with van der Waals surface area (Å²) in [4.78, 5) is 43.8. The highest BCUT2D eigenvalue weighted by molar-refractivity contribution is 6.00. The summed E-state index contributed by atoms with van der Waals surface area (Å²) in [5.41, 5.74) is 0.767. The van der Waals surface area contributed by atoms with Crippen LogP contribution in [0, 0.1) is 11.7 Å². The molecule has 1 atom stereocenters. The van der Waals surface area contributed by atoms with Gasteiger partial charge >= 0.3 is 6.09 Å². The molecule has 9 nitrogen and oxygen atoms in total. The molecule has 0 aliphatic carbocycles. The number of aromatic nitrogens is 2. The average Bonchev–Trinajstić information content (AvgIpc) is 3.01. The minimum atomic E-state index is -0.787. The number of nitrogens with zero attached hydrogens (tertiary/aromatic N) is 2. The van der Waals surface area contributed by atoms with Gasteiger partial charge in [-0.25, -0.2) is 14.2 Å². The van der Waals surface area contributed by atoms with E-state index >= 15 is 4.39 Å². The zero-order chi connectivity index (χ0) is 34.0. The third kappa shape index (κ3) is 9.15. The van der Waals surface area contributed by atoms with Crippen LogP contribution >= 0.6 is 0 Å². The van der Waals surface area contributed by atoms with Crippen molar-refractivity contribution in [3.8, 4) is 17.0 Å². The Morgan fingerprint density at radius 3 is 2.28 bits per heavy atom. The molecule has 2 N–H and O–H groups in total. The number of benzene rings is 2. The zero-order valence-electron chi connectivity index (χ0n) is 28.0. The highest BCUT2D eigenvalue weighted by atomic mass is 19.1. The van der Waals surface area contributed by atoms with Crippen molar-refractivity contribution < 1.29 is 23.5 Å². The lowest BCUT2D eigenvalue weighted by atomic mass is 9.99. The first-order valence-corrected chi connectivity index (χ1v) is 15.7.